The van der Waals surface area contributed by atoms with Crippen molar-refractivity contribution in [2.75, 3.05) is 6.61 Å². The molecule has 1 aromatic rings. The Morgan fingerprint density at radius 2 is 1.82 bits per heavy atom. The summed E-state index contributed by atoms with van der Waals surface area (Å²) in [5.41, 5.74) is -0.0864. The van der Waals surface area contributed by atoms with Crippen molar-refractivity contribution < 1.29 is 17.9 Å². The first kappa shape index (κ1) is 13.6. The Bertz CT molecular complexity index is 365. The first-order valence-electron chi connectivity index (χ1n) is 5.44. The summed E-state index contributed by atoms with van der Waals surface area (Å²) in [6.45, 7) is 6.26. The molecule has 0 fully saturated rings. The van der Waals surface area contributed by atoms with Gasteiger partial charge in [0.05, 0.1) is 12.2 Å². The van der Waals surface area contributed by atoms with Crippen LogP contribution in [0.4, 0.5) is 13.2 Å². The fraction of sp³-hybridized carbons (Fsp3) is 0.385. The molecule has 0 unspecified atom stereocenters. The molecule has 0 aliphatic heterocycles. The lowest BCUT2D eigenvalue weighted by molar-refractivity contribution is -0.137. The summed E-state index contributed by atoms with van der Waals surface area (Å²) in [6.07, 6.45) is -2.40. The van der Waals surface area contributed by atoms with E-state index < -0.39 is 11.7 Å². The molecule has 0 radical (unpaired) electrons. The maximum Gasteiger partial charge on any atom is 0.416 e. The second-order valence-corrected chi connectivity index (χ2v) is 3.70. The van der Waals surface area contributed by atoms with Gasteiger partial charge < -0.3 is 4.74 Å². The van der Waals surface area contributed by atoms with Crippen LogP contribution in [0.25, 0.3) is 5.76 Å². The Labute approximate surface area is 98.9 Å². The van der Waals surface area contributed by atoms with Crippen LogP contribution < -0.4 is 0 Å². The monoisotopic (exact) mass is 244 g/mol. The van der Waals surface area contributed by atoms with Gasteiger partial charge in [-0.15, -0.1) is 0 Å². The molecule has 1 aromatic carbocycles. The van der Waals surface area contributed by atoms with Gasteiger partial charge in [0.1, 0.15) is 5.76 Å². The molecule has 0 saturated heterocycles. The fourth-order valence-electron chi connectivity index (χ4n) is 1.27. The van der Waals surface area contributed by atoms with Gasteiger partial charge in [-0.1, -0.05) is 32.1 Å². The lowest BCUT2D eigenvalue weighted by Gasteiger charge is -2.10. The quantitative estimate of drug-likeness (QED) is 0.547. The van der Waals surface area contributed by atoms with Gasteiger partial charge in [-0.2, -0.15) is 13.2 Å². The van der Waals surface area contributed by atoms with Crippen LogP contribution >= 0.6 is 0 Å². The van der Waals surface area contributed by atoms with Crippen molar-refractivity contribution in [2.24, 2.45) is 0 Å². The Morgan fingerprint density at radius 3 is 2.29 bits per heavy atom. The molecule has 0 bridgehead atoms. The first-order chi connectivity index (χ1) is 7.95. The second kappa shape index (κ2) is 5.75. The van der Waals surface area contributed by atoms with E-state index >= 15 is 0 Å². The summed E-state index contributed by atoms with van der Waals surface area (Å²) in [5, 5.41) is 0. The topological polar surface area (TPSA) is 9.23 Å². The zero-order valence-corrected chi connectivity index (χ0v) is 9.68. The van der Waals surface area contributed by atoms with Crippen LogP contribution in [-0.4, -0.2) is 6.61 Å². The summed E-state index contributed by atoms with van der Waals surface area (Å²) < 4.78 is 42.3. The lowest BCUT2D eigenvalue weighted by atomic mass is 10.1. The molecule has 0 heterocycles. The zero-order valence-electron chi connectivity index (χ0n) is 9.68. The van der Waals surface area contributed by atoms with E-state index in [1.807, 2.05) is 6.92 Å². The van der Waals surface area contributed by atoms with Crippen molar-refractivity contribution in [2.45, 2.75) is 25.9 Å². The molecule has 0 N–H and O–H groups in total. The number of alkyl halides is 3. The molecule has 4 heteroatoms. The van der Waals surface area contributed by atoms with Crippen molar-refractivity contribution in [1.82, 2.24) is 0 Å². The molecule has 0 aliphatic carbocycles. The first-order valence-corrected chi connectivity index (χ1v) is 5.44. The highest BCUT2D eigenvalue weighted by Crippen LogP contribution is 2.29. The number of hydrogen-bond donors (Lipinski definition) is 0. The van der Waals surface area contributed by atoms with E-state index in [0.29, 0.717) is 17.9 Å². The standard InChI is InChI=1S/C13H15F3O/c1-3-4-9-17-10(2)11-5-7-12(8-6-11)13(14,15)16/h5-8H,2-4,9H2,1H3. The van der Waals surface area contributed by atoms with Crippen molar-refractivity contribution in [1.29, 1.82) is 0 Å². The zero-order chi connectivity index (χ0) is 12.9. The van der Waals surface area contributed by atoms with Gasteiger partial charge in [0.25, 0.3) is 0 Å². The van der Waals surface area contributed by atoms with E-state index in [0.717, 1.165) is 25.0 Å². The van der Waals surface area contributed by atoms with Crippen molar-refractivity contribution in [3.05, 3.63) is 42.0 Å². The Hall–Kier alpha value is -1.45. The molecule has 1 rings (SSSR count). The third-order valence-electron chi connectivity index (χ3n) is 2.31. The maximum absolute atomic E-state index is 12.3. The molecule has 0 aliphatic rings. The van der Waals surface area contributed by atoms with Gasteiger partial charge in [-0.3, -0.25) is 0 Å². The van der Waals surface area contributed by atoms with E-state index in [-0.39, 0.29) is 0 Å². The molecule has 0 aromatic heterocycles. The van der Waals surface area contributed by atoms with E-state index in [4.69, 9.17) is 4.74 Å². The molecule has 1 nitrogen and oxygen atoms in total. The number of hydrogen-bond acceptors (Lipinski definition) is 1. The summed E-state index contributed by atoms with van der Waals surface area (Å²) in [5.74, 6) is 0.409. The van der Waals surface area contributed by atoms with Crippen LogP contribution in [0.2, 0.25) is 0 Å². The van der Waals surface area contributed by atoms with Crippen LogP contribution in [0.1, 0.15) is 30.9 Å². The average molecular weight is 244 g/mol. The van der Waals surface area contributed by atoms with Crippen LogP contribution in [0.15, 0.2) is 30.8 Å². The van der Waals surface area contributed by atoms with Gasteiger partial charge in [-0.05, 0) is 18.6 Å². The predicted octanol–water partition coefficient (Wildman–Crippen LogP) is 4.49. The summed E-state index contributed by atoms with van der Waals surface area (Å²) in [7, 11) is 0. The molecule has 0 amide bonds. The van der Waals surface area contributed by atoms with Gasteiger partial charge in [0.15, 0.2) is 0 Å². The van der Waals surface area contributed by atoms with Crippen LogP contribution in [-0.2, 0) is 10.9 Å². The molecular formula is C13H15F3O. The lowest BCUT2D eigenvalue weighted by Crippen LogP contribution is -2.04. The van der Waals surface area contributed by atoms with E-state index in [9.17, 15) is 13.2 Å². The third kappa shape index (κ3) is 4.13. The van der Waals surface area contributed by atoms with E-state index in [2.05, 4.69) is 6.58 Å². The van der Waals surface area contributed by atoms with E-state index in [1.54, 1.807) is 0 Å². The minimum absolute atomic E-state index is 0.409. The van der Waals surface area contributed by atoms with Crippen molar-refractivity contribution >= 4 is 5.76 Å². The Kier molecular flexibility index (Phi) is 4.61. The smallest absolute Gasteiger partial charge is 0.416 e. The minimum Gasteiger partial charge on any atom is -0.494 e. The molecular weight excluding hydrogens is 229 g/mol. The summed E-state index contributed by atoms with van der Waals surface area (Å²) in [4.78, 5) is 0. The third-order valence-corrected chi connectivity index (χ3v) is 2.31. The number of halogens is 3. The number of rotatable bonds is 5. The number of unbranched alkanes of at least 4 members (excludes halogenated alkanes) is 1. The Balaban J connectivity index is 2.64. The molecule has 0 saturated carbocycles. The largest absolute Gasteiger partial charge is 0.494 e. The van der Waals surface area contributed by atoms with Crippen LogP contribution in [0, 0.1) is 0 Å². The molecule has 94 valence electrons. The molecule has 17 heavy (non-hydrogen) atoms. The number of ether oxygens (including phenoxy) is 1. The van der Waals surface area contributed by atoms with E-state index in [1.165, 1.54) is 12.1 Å². The summed E-state index contributed by atoms with van der Waals surface area (Å²) >= 11 is 0. The van der Waals surface area contributed by atoms with Crippen LogP contribution in [0.3, 0.4) is 0 Å². The second-order valence-electron chi connectivity index (χ2n) is 3.70. The highest BCUT2D eigenvalue weighted by Gasteiger charge is 2.29. The molecule has 0 atom stereocenters. The number of benzene rings is 1. The van der Waals surface area contributed by atoms with Gasteiger partial charge >= 0.3 is 6.18 Å². The van der Waals surface area contributed by atoms with Crippen molar-refractivity contribution in [3.8, 4) is 0 Å². The Morgan fingerprint density at radius 1 is 1.24 bits per heavy atom. The molecule has 0 spiro atoms. The van der Waals surface area contributed by atoms with Gasteiger partial charge in [0, 0.05) is 5.56 Å². The van der Waals surface area contributed by atoms with Gasteiger partial charge in [-0.25, -0.2) is 0 Å². The predicted molar refractivity (Wildman–Crippen MR) is 61.3 cm³/mol. The van der Waals surface area contributed by atoms with Crippen LogP contribution in [0.5, 0.6) is 0 Å². The summed E-state index contributed by atoms with van der Waals surface area (Å²) in [6, 6.07) is 4.81. The minimum atomic E-state index is -4.30. The normalized spacial score (nSPS) is 11.3. The average Bonchev–Trinajstić information content (AvgIpc) is 2.28. The van der Waals surface area contributed by atoms with Gasteiger partial charge in [0.2, 0.25) is 0 Å². The highest BCUT2D eigenvalue weighted by atomic mass is 19.4. The van der Waals surface area contributed by atoms with Crippen molar-refractivity contribution in [3.63, 3.8) is 0 Å². The maximum atomic E-state index is 12.3. The highest BCUT2D eigenvalue weighted by molar-refractivity contribution is 5.57. The fourth-order valence-corrected chi connectivity index (χ4v) is 1.27. The SMILES string of the molecule is C=C(OCCCC)c1ccc(C(F)(F)F)cc1.